The molecule has 1 aromatic rings. The standard InChI is InChI=1S/C13H16N2O2/c1-15(2)9-11(8-14)10-5-6-12(16-3)13(7-10)17-4/h5-7,9H,1-4H3/b11-9+. The summed E-state index contributed by atoms with van der Waals surface area (Å²) >= 11 is 0. The molecular weight excluding hydrogens is 216 g/mol. The van der Waals surface area contributed by atoms with Crippen molar-refractivity contribution in [2.75, 3.05) is 28.3 Å². The molecule has 0 aliphatic carbocycles. The SMILES string of the molecule is COc1ccc(/C(C#N)=C/N(C)C)cc1OC. The summed E-state index contributed by atoms with van der Waals surface area (Å²) in [6, 6.07) is 7.57. The summed E-state index contributed by atoms with van der Waals surface area (Å²) in [5.74, 6) is 1.27. The molecule has 0 bridgehead atoms. The van der Waals surface area contributed by atoms with Crippen LogP contribution in [0.5, 0.6) is 11.5 Å². The summed E-state index contributed by atoms with van der Waals surface area (Å²) in [5, 5.41) is 9.10. The molecule has 0 unspecified atom stereocenters. The van der Waals surface area contributed by atoms with Crippen molar-refractivity contribution in [1.29, 1.82) is 5.26 Å². The van der Waals surface area contributed by atoms with Gasteiger partial charge in [-0.15, -0.1) is 0 Å². The monoisotopic (exact) mass is 232 g/mol. The van der Waals surface area contributed by atoms with Crippen molar-refractivity contribution in [3.63, 3.8) is 0 Å². The highest BCUT2D eigenvalue weighted by Gasteiger charge is 2.07. The van der Waals surface area contributed by atoms with E-state index >= 15 is 0 Å². The molecule has 4 heteroatoms. The first-order chi connectivity index (χ1) is 8.12. The molecule has 0 atom stereocenters. The minimum atomic E-state index is 0.580. The van der Waals surface area contributed by atoms with Crippen LogP contribution in [-0.4, -0.2) is 33.2 Å². The van der Waals surface area contributed by atoms with Crippen molar-refractivity contribution in [2.45, 2.75) is 0 Å². The Kier molecular flexibility index (Phi) is 4.41. The fraction of sp³-hybridized carbons (Fsp3) is 0.308. The van der Waals surface area contributed by atoms with Gasteiger partial charge in [0, 0.05) is 20.3 Å². The fourth-order valence-corrected chi connectivity index (χ4v) is 1.43. The largest absolute Gasteiger partial charge is 0.493 e. The molecule has 90 valence electrons. The molecule has 0 saturated heterocycles. The third-order valence-corrected chi connectivity index (χ3v) is 2.20. The van der Waals surface area contributed by atoms with Gasteiger partial charge in [0.05, 0.1) is 19.8 Å². The molecular formula is C13H16N2O2. The van der Waals surface area contributed by atoms with E-state index in [1.807, 2.05) is 25.1 Å². The lowest BCUT2D eigenvalue weighted by atomic mass is 10.1. The van der Waals surface area contributed by atoms with Crippen molar-refractivity contribution in [1.82, 2.24) is 4.90 Å². The minimum absolute atomic E-state index is 0.580. The molecule has 4 nitrogen and oxygen atoms in total. The van der Waals surface area contributed by atoms with Gasteiger partial charge in [0.2, 0.25) is 0 Å². The molecule has 0 fully saturated rings. The molecule has 1 aromatic carbocycles. The normalized spacial score (nSPS) is 10.6. The number of methoxy groups -OCH3 is 2. The van der Waals surface area contributed by atoms with Gasteiger partial charge in [-0.1, -0.05) is 0 Å². The molecule has 0 heterocycles. The average molecular weight is 232 g/mol. The van der Waals surface area contributed by atoms with Crippen LogP contribution < -0.4 is 9.47 Å². The van der Waals surface area contributed by atoms with Gasteiger partial charge in [-0.25, -0.2) is 0 Å². The second-order valence-corrected chi connectivity index (χ2v) is 3.69. The Morgan fingerprint density at radius 1 is 1.24 bits per heavy atom. The molecule has 0 aliphatic heterocycles. The molecule has 0 radical (unpaired) electrons. The molecule has 0 spiro atoms. The number of hydrogen-bond donors (Lipinski definition) is 0. The maximum atomic E-state index is 9.10. The van der Waals surface area contributed by atoms with Crippen molar-refractivity contribution >= 4 is 5.57 Å². The van der Waals surface area contributed by atoms with Crippen molar-refractivity contribution < 1.29 is 9.47 Å². The molecule has 0 aromatic heterocycles. The van der Waals surface area contributed by atoms with Crippen LogP contribution in [-0.2, 0) is 0 Å². The second kappa shape index (κ2) is 5.80. The number of nitriles is 1. The third kappa shape index (κ3) is 3.15. The topological polar surface area (TPSA) is 45.5 Å². The van der Waals surface area contributed by atoms with Gasteiger partial charge in [-0.2, -0.15) is 5.26 Å². The smallest absolute Gasteiger partial charge is 0.161 e. The van der Waals surface area contributed by atoms with E-state index < -0.39 is 0 Å². The minimum Gasteiger partial charge on any atom is -0.493 e. The lowest BCUT2D eigenvalue weighted by Crippen LogP contribution is -2.02. The summed E-state index contributed by atoms with van der Waals surface area (Å²) in [6.45, 7) is 0. The maximum Gasteiger partial charge on any atom is 0.161 e. The van der Waals surface area contributed by atoms with Gasteiger partial charge in [0.15, 0.2) is 11.5 Å². The number of ether oxygens (including phenoxy) is 2. The third-order valence-electron chi connectivity index (χ3n) is 2.20. The quantitative estimate of drug-likeness (QED) is 0.746. The summed E-state index contributed by atoms with van der Waals surface area (Å²) in [6.07, 6.45) is 1.77. The molecule has 0 amide bonds. The van der Waals surface area contributed by atoms with Crippen LogP contribution >= 0.6 is 0 Å². The van der Waals surface area contributed by atoms with Crippen LogP contribution in [0.1, 0.15) is 5.56 Å². The Morgan fingerprint density at radius 3 is 2.35 bits per heavy atom. The van der Waals surface area contributed by atoms with Gasteiger partial charge < -0.3 is 14.4 Å². The second-order valence-electron chi connectivity index (χ2n) is 3.69. The van der Waals surface area contributed by atoms with Crippen LogP contribution in [0.4, 0.5) is 0 Å². The molecule has 17 heavy (non-hydrogen) atoms. The Labute approximate surface area is 102 Å². The van der Waals surface area contributed by atoms with Gasteiger partial charge >= 0.3 is 0 Å². The van der Waals surface area contributed by atoms with E-state index in [9.17, 15) is 0 Å². The Balaban J connectivity index is 3.20. The molecule has 0 N–H and O–H groups in total. The summed E-state index contributed by atoms with van der Waals surface area (Å²) in [5.41, 5.74) is 1.38. The number of allylic oxidation sites excluding steroid dienone is 1. The average Bonchev–Trinajstić information content (AvgIpc) is 2.34. The van der Waals surface area contributed by atoms with Crippen LogP contribution in [0.2, 0.25) is 0 Å². The van der Waals surface area contributed by atoms with Crippen LogP contribution in [0.25, 0.3) is 5.57 Å². The van der Waals surface area contributed by atoms with Gasteiger partial charge in [0.1, 0.15) is 6.07 Å². The zero-order valence-corrected chi connectivity index (χ0v) is 10.5. The number of rotatable bonds is 4. The molecule has 0 saturated carbocycles. The molecule has 1 rings (SSSR count). The van der Waals surface area contributed by atoms with Crippen molar-refractivity contribution in [2.24, 2.45) is 0 Å². The van der Waals surface area contributed by atoms with Crippen LogP contribution in [0, 0.1) is 11.3 Å². The predicted molar refractivity (Wildman–Crippen MR) is 66.8 cm³/mol. The van der Waals surface area contributed by atoms with Crippen LogP contribution in [0.15, 0.2) is 24.4 Å². The van der Waals surface area contributed by atoms with Gasteiger partial charge in [-0.05, 0) is 23.8 Å². The molecule has 0 aliphatic rings. The number of benzene rings is 1. The predicted octanol–water partition coefficient (Wildman–Crippen LogP) is 2.13. The zero-order chi connectivity index (χ0) is 12.8. The van der Waals surface area contributed by atoms with E-state index in [1.54, 1.807) is 32.6 Å². The lowest BCUT2D eigenvalue weighted by Gasteiger charge is -2.10. The van der Waals surface area contributed by atoms with E-state index in [0.29, 0.717) is 17.1 Å². The number of hydrogen-bond acceptors (Lipinski definition) is 4. The first-order valence-electron chi connectivity index (χ1n) is 5.13. The van der Waals surface area contributed by atoms with E-state index in [-0.39, 0.29) is 0 Å². The van der Waals surface area contributed by atoms with Gasteiger partial charge in [-0.3, -0.25) is 0 Å². The maximum absolute atomic E-state index is 9.10. The zero-order valence-electron chi connectivity index (χ0n) is 10.5. The summed E-state index contributed by atoms with van der Waals surface area (Å²) in [7, 11) is 6.90. The lowest BCUT2D eigenvalue weighted by molar-refractivity contribution is 0.355. The highest BCUT2D eigenvalue weighted by atomic mass is 16.5. The first kappa shape index (κ1) is 12.9. The Bertz CT molecular complexity index is 459. The van der Waals surface area contributed by atoms with Crippen molar-refractivity contribution in [3.8, 4) is 17.6 Å². The Morgan fingerprint density at radius 2 is 1.88 bits per heavy atom. The van der Waals surface area contributed by atoms with Crippen LogP contribution in [0.3, 0.4) is 0 Å². The fourth-order valence-electron chi connectivity index (χ4n) is 1.43. The highest BCUT2D eigenvalue weighted by molar-refractivity contribution is 5.77. The van der Waals surface area contributed by atoms with E-state index in [4.69, 9.17) is 14.7 Å². The van der Waals surface area contributed by atoms with Gasteiger partial charge in [0.25, 0.3) is 0 Å². The summed E-state index contributed by atoms with van der Waals surface area (Å²) in [4.78, 5) is 1.83. The van der Waals surface area contributed by atoms with E-state index in [2.05, 4.69) is 6.07 Å². The highest BCUT2D eigenvalue weighted by Crippen LogP contribution is 2.30. The summed E-state index contributed by atoms with van der Waals surface area (Å²) < 4.78 is 10.3. The van der Waals surface area contributed by atoms with Crippen molar-refractivity contribution in [3.05, 3.63) is 30.0 Å². The number of nitrogens with zero attached hydrogens (tertiary/aromatic N) is 2. The first-order valence-corrected chi connectivity index (χ1v) is 5.13. The Hall–Kier alpha value is -2.15. The van der Waals surface area contributed by atoms with E-state index in [0.717, 1.165) is 5.56 Å². The van der Waals surface area contributed by atoms with E-state index in [1.165, 1.54) is 0 Å².